The summed E-state index contributed by atoms with van der Waals surface area (Å²) in [5.74, 6) is 1.72. The number of thioether (sulfide) groups is 1. The number of rotatable bonds is 2. The van der Waals surface area contributed by atoms with Crippen molar-refractivity contribution in [2.45, 2.75) is 24.8 Å². The Morgan fingerprint density at radius 3 is 2.80 bits per heavy atom. The molecule has 0 fully saturated rings. The fraction of sp³-hybridized carbons (Fsp3) is 0.182. The Morgan fingerprint density at radius 1 is 1.17 bits per heavy atom. The van der Waals surface area contributed by atoms with Crippen molar-refractivity contribution in [1.29, 1.82) is 0 Å². The first kappa shape index (κ1) is 19.3. The molecule has 2 aliphatic heterocycles. The Labute approximate surface area is 185 Å². The quantitative estimate of drug-likeness (QED) is 0.455. The van der Waals surface area contributed by atoms with E-state index in [1.165, 1.54) is 0 Å². The Morgan fingerprint density at radius 2 is 2.00 bits per heavy atom. The molecule has 2 aliphatic rings. The molecule has 5 heterocycles. The van der Waals surface area contributed by atoms with Gasteiger partial charge in [-0.05, 0) is 43.0 Å². The van der Waals surface area contributed by atoms with Crippen molar-refractivity contribution in [2.24, 2.45) is 4.99 Å². The topological polar surface area (TPSA) is 54.3 Å². The number of aryl methyl sites for hydroxylation is 1. The van der Waals surface area contributed by atoms with Gasteiger partial charge in [-0.2, -0.15) is 0 Å². The van der Waals surface area contributed by atoms with Gasteiger partial charge in [0.2, 0.25) is 0 Å². The maximum absolute atomic E-state index is 6.62. The molecule has 3 aromatic heterocycles. The van der Waals surface area contributed by atoms with Crippen LogP contribution in [0.5, 0.6) is 0 Å². The Hall–Kier alpha value is -2.64. The Bertz CT molecular complexity index is 1260. The normalized spacial score (nSPS) is 16.9. The molecule has 0 saturated carbocycles. The number of aliphatic imine (C=N–C) groups is 1. The minimum atomic E-state index is 0.146. The summed E-state index contributed by atoms with van der Waals surface area (Å²) in [6.45, 7) is 4.22. The van der Waals surface area contributed by atoms with Crippen molar-refractivity contribution in [1.82, 2.24) is 15.0 Å². The van der Waals surface area contributed by atoms with E-state index in [9.17, 15) is 0 Å². The molecule has 0 aromatic carbocycles. The van der Waals surface area contributed by atoms with E-state index in [0.29, 0.717) is 5.17 Å². The van der Waals surface area contributed by atoms with Crippen molar-refractivity contribution in [3.8, 4) is 11.3 Å². The first-order valence-corrected chi connectivity index (χ1v) is 11.3. The lowest BCUT2D eigenvalue weighted by atomic mass is 9.89. The van der Waals surface area contributed by atoms with Gasteiger partial charge in [0, 0.05) is 23.9 Å². The lowest BCUT2D eigenvalue weighted by molar-refractivity contribution is 0.837. The van der Waals surface area contributed by atoms with Crippen LogP contribution in [0.1, 0.15) is 29.7 Å². The lowest BCUT2D eigenvalue weighted by Crippen LogP contribution is -2.30. The molecule has 0 bridgehead atoms. The average molecular weight is 432 g/mol. The van der Waals surface area contributed by atoms with Gasteiger partial charge < -0.3 is 0 Å². The van der Waals surface area contributed by atoms with Crippen LogP contribution in [-0.4, -0.2) is 34.2 Å². The largest absolute Gasteiger partial charge is 0.276 e. The molecule has 8 heteroatoms. The predicted molar refractivity (Wildman–Crippen MR) is 127 cm³/mol. The molecule has 0 radical (unpaired) electrons. The summed E-state index contributed by atoms with van der Waals surface area (Å²) in [6.07, 6.45) is 7.80. The second kappa shape index (κ2) is 7.25. The minimum Gasteiger partial charge on any atom is -0.276 e. The fourth-order valence-corrected chi connectivity index (χ4v) is 4.86. The molecular formula is C22H19BClN5S. The molecule has 0 saturated heterocycles. The second-order valence-electron chi connectivity index (χ2n) is 7.50. The number of hydrogen-bond acceptors (Lipinski definition) is 6. The molecule has 30 heavy (non-hydrogen) atoms. The van der Waals surface area contributed by atoms with E-state index in [4.69, 9.17) is 21.6 Å². The van der Waals surface area contributed by atoms with Crippen molar-refractivity contribution in [2.75, 3.05) is 11.2 Å². The van der Waals surface area contributed by atoms with Crippen LogP contribution < -0.4 is 10.4 Å². The Balaban J connectivity index is 1.80. The molecule has 5 nitrogen and oxygen atoms in total. The van der Waals surface area contributed by atoms with Gasteiger partial charge in [0.1, 0.15) is 29.7 Å². The lowest BCUT2D eigenvalue weighted by Gasteiger charge is -2.36. The zero-order valence-corrected chi connectivity index (χ0v) is 18.7. The maximum Gasteiger partial charge on any atom is 0.149 e. The van der Waals surface area contributed by atoms with Crippen molar-refractivity contribution < 1.29 is 0 Å². The second-order valence-corrected chi connectivity index (χ2v) is 8.65. The highest BCUT2D eigenvalue weighted by Gasteiger charge is 2.34. The standard InChI is InChI=1S/C22H19BClN5S/c1-11-6-8-25-17-12(2)9-16-27-20(24)14-10-15(23)18(28-21(14)29(16)19(11)17)13-5-4-7-26-22(13)30-3/h4-10,12H,23H2,1-3H3. The maximum atomic E-state index is 6.62. The van der Waals surface area contributed by atoms with Crippen LogP contribution in [0.15, 0.2) is 58.6 Å². The first-order valence-electron chi connectivity index (χ1n) is 9.72. The third kappa shape index (κ3) is 2.88. The summed E-state index contributed by atoms with van der Waals surface area (Å²) in [5.41, 5.74) is 6.97. The third-order valence-electron chi connectivity index (χ3n) is 5.50. The van der Waals surface area contributed by atoms with Gasteiger partial charge in [-0.15, -0.1) is 11.8 Å². The summed E-state index contributed by atoms with van der Waals surface area (Å²) in [5, 5.41) is 1.41. The average Bonchev–Trinajstić information content (AvgIpc) is 2.74. The summed E-state index contributed by atoms with van der Waals surface area (Å²) in [6, 6.07) is 8.10. The van der Waals surface area contributed by atoms with Gasteiger partial charge in [0.05, 0.1) is 22.6 Å². The van der Waals surface area contributed by atoms with Gasteiger partial charge in [-0.3, -0.25) is 9.88 Å². The fourth-order valence-electron chi connectivity index (χ4n) is 4.08. The summed E-state index contributed by atoms with van der Waals surface area (Å²) in [7, 11) is 2.05. The van der Waals surface area contributed by atoms with Crippen LogP contribution in [0, 0.1) is 6.92 Å². The van der Waals surface area contributed by atoms with Crippen molar-refractivity contribution in [3.63, 3.8) is 0 Å². The monoisotopic (exact) mass is 431 g/mol. The molecule has 0 N–H and O–H groups in total. The van der Waals surface area contributed by atoms with Gasteiger partial charge in [-0.1, -0.05) is 30.1 Å². The number of aromatic nitrogens is 3. The van der Waals surface area contributed by atoms with Gasteiger partial charge in [0.25, 0.3) is 0 Å². The van der Waals surface area contributed by atoms with Gasteiger partial charge in [-0.25, -0.2) is 15.0 Å². The molecule has 0 amide bonds. The zero-order valence-electron chi connectivity index (χ0n) is 17.1. The number of anilines is 2. The van der Waals surface area contributed by atoms with Crippen LogP contribution in [0.2, 0.25) is 0 Å². The van der Waals surface area contributed by atoms with Crippen LogP contribution in [0.25, 0.3) is 11.3 Å². The smallest absolute Gasteiger partial charge is 0.149 e. The van der Waals surface area contributed by atoms with E-state index >= 15 is 0 Å². The molecule has 1 atom stereocenters. The van der Waals surface area contributed by atoms with E-state index in [1.54, 1.807) is 11.8 Å². The van der Waals surface area contributed by atoms with E-state index < -0.39 is 0 Å². The molecular weight excluding hydrogens is 413 g/mol. The zero-order chi connectivity index (χ0) is 21.0. The SMILES string of the molecule is Bc1cc2c(nc1-c1cccnc1SC)N1C(=CC(C)c3nccc(C)c31)N=C2Cl. The van der Waals surface area contributed by atoms with E-state index in [-0.39, 0.29) is 5.92 Å². The number of allylic oxidation sites excluding steroid dienone is 1. The number of pyridine rings is 3. The van der Waals surface area contributed by atoms with E-state index in [0.717, 1.165) is 55.9 Å². The van der Waals surface area contributed by atoms with Crippen LogP contribution >= 0.6 is 23.4 Å². The third-order valence-corrected chi connectivity index (χ3v) is 6.50. The molecule has 0 aliphatic carbocycles. The summed E-state index contributed by atoms with van der Waals surface area (Å²) in [4.78, 5) is 21.1. The highest BCUT2D eigenvalue weighted by atomic mass is 35.5. The molecule has 3 aromatic rings. The molecule has 5 rings (SSSR count). The van der Waals surface area contributed by atoms with Crippen LogP contribution in [0.4, 0.5) is 11.5 Å². The molecule has 0 spiro atoms. The van der Waals surface area contributed by atoms with E-state index in [2.05, 4.69) is 46.9 Å². The highest BCUT2D eigenvalue weighted by Crippen LogP contribution is 2.45. The predicted octanol–water partition coefficient (Wildman–Crippen LogP) is 3.92. The minimum absolute atomic E-state index is 0.146. The van der Waals surface area contributed by atoms with E-state index in [1.807, 2.05) is 38.6 Å². The number of nitrogens with zero attached hydrogens (tertiary/aromatic N) is 5. The Kier molecular flexibility index (Phi) is 4.67. The molecule has 148 valence electrons. The number of fused-ring (bicyclic) bond motifs is 5. The van der Waals surface area contributed by atoms with Gasteiger partial charge >= 0.3 is 0 Å². The summed E-state index contributed by atoms with van der Waals surface area (Å²) >= 11 is 8.24. The van der Waals surface area contributed by atoms with Crippen molar-refractivity contribution >= 4 is 53.3 Å². The van der Waals surface area contributed by atoms with Crippen molar-refractivity contribution in [3.05, 3.63) is 65.4 Å². The number of halogens is 1. The highest BCUT2D eigenvalue weighted by molar-refractivity contribution is 7.98. The first-order chi connectivity index (χ1) is 14.5. The van der Waals surface area contributed by atoms with Gasteiger partial charge in [0.15, 0.2) is 0 Å². The summed E-state index contributed by atoms with van der Waals surface area (Å²) < 4.78 is 0. The van der Waals surface area contributed by atoms with Crippen LogP contribution in [0.3, 0.4) is 0 Å². The molecule has 1 unspecified atom stereocenters. The number of hydrogen-bond donors (Lipinski definition) is 0. The van der Waals surface area contributed by atoms with Crippen LogP contribution in [-0.2, 0) is 0 Å².